The minimum atomic E-state index is -0.633. The van der Waals surface area contributed by atoms with E-state index in [4.69, 9.17) is 0 Å². The first-order valence-electron chi connectivity index (χ1n) is 8.76. The molecule has 4 N–H and O–H groups in total. The van der Waals surface area contributed by atoms with E-state index in [2.05, 4.69) is 26.1 Å². The quantitative estimate of drug-likeness (QED) is 0.650. The smallest absolute Gasteiger partial charge is 0.121 e. The van der Waals surface area contributed by atoms with E-state index in [1.165, 1.54) is 18.9 Å². The zero-order valence-corrected chi connectivity index (χ0v) is 14.5. The van der Waals surface area contributed by atoms with E-state index in [-0.39, 0.29) is 12.4 Å². The number of hydrogen-bond donors (Lipinski definition) is 4. The van der Waals surface area contributed by atoms with Gasteiger partial charge >= 0.3 is 0 Å². The van der Waals surface area contributed by atoms with E-state index in [9.17, 15) is 15.3 Å². The van der Waals surface area contributed by atoms with E-state index in [0.717, 1.165) is 17.9 Å². The molecule has 1 saturated carbocycles. The number of aromatic hydroxyl groups is 1. The van der Waals surface area contributed by atoms with Gasteiger partial charge in [-0.15, -0.1) is 0 Å². The number of benzene rings is 1. The maximum atomic E-state index is 10.4. The summed E-state index contributed by atoms with van der Waals surface area (Å²) < 4.78 is 0. The molecule has 0 saturated heterocycles. The van der Waals surface area contributed by atoms with Gasteiger partial charge in [-0.05, 0) is 48.3 Å². The Balaban J connectivity index is 1.98. The molecule has 0 aliphatic heterocycles. The van der Waals surface area contributed by atoms with Crippen LogP contribution in [-0.2, 0) is 6.61 Å². The molecule has 1 aromatic rings. The van der Waals surface area contributed by atoms with Crippen LogP contribution in [0.3, 0.4) is 0 Å². The first-order valence-corrected chi connectivity index (χ1v) is 8.76. The Hall–Kier alpha value is -1.10. The highest BCUT2D eigenvalue weighted by molar-refractivity contribution is 5.36. The molecule has 1 aliphatic rings. The summed E-state index contributed by atoms with van der Waals surface area (Å²) >= 11 is 0. The summed E-state index contributed by atoms with van der Waals surface area (Å²) in [6, 6.07) is 5.36. The fourth-order valence-corrected chi connectivity index (χ4v) is 3.76. The van der Waals surface area contributed by atoms with E-state index >= 15 is 0 Å². The monoisotopic (exact) mass is 321 g/mol. The van der Waals surface area contributed by atoms with Gasteiger partial charge in [0.1, 0.15) is 5.75 Å². The van der Waals surface area contributed by atoms with Gasteiger partial charge in [0.2, 0.25) is 0 Å². The molecule has 1 aromatic carbocycles. The molecule has 0 bridgehead atoms. The van der Waals surface area contributed by atoms with Gasteiger partial charge in [-0.3, -0.25) is 0 Å². The minimum absolute atomic E-state index is 0.0670. The number of nitrogens with one attached hydrogen (secondary N) is 1. The van der Waals surface area contributed by atoms with Crippen LogP contribution in [0.4, 0.5) is 0 Å². The molecule has 0 spiro atoms. The van der Waals surface area contributed by atoms with Crippen molar-refractivity contribution in [3.63, 3.8) is 0 Å². The third kappa shape index (κ3) is 4.69. The highest BCUT2D eigenvalue weighted by atomic mass is 16.3. The zero-order chi connectivity index (χ0) is 17.0. The second-order valence-electron chi connectivity index (χ2n) is 7.40. The van der Waals surface area contributed by atoms with Gasteiger partial charge in [0, 0.05) is 18.2 Å². The molecule has 0 amide bonds. The molecule has 1 aliphatic carbocycles. The molecule has 130 valence electrons. The molecule has 4 heteroatoms. The highest BCUT2D eigenvalue weighted by Gasteiger charge is 2.30. The number of aliphatic hydroxyl groups excluding tert-OH is 2. The van der Waals surface area contributed by atoms with Crippen LogP contribution in [0.25, 0.3) is 0 Å². The van der Waals surface area contributed by atoms with E-state index < -0.39 is 6.10 Å². The van der Waals surface area contributed by atoms with Crippen molar-refractivity contribution in [3.05, 3.63) is 29.3 Å². The summed E-state index contributed by atoms with van der Waals surface area (Å²) in [6.45, 7) is 7.12. The molecule has 0 aromatic heterocycles. The van der Waals surface area contributed by atoms with Crippen LogP contribution in [0, 0.1) is 17.8 Å². The van der Waals surface area contributed by atoms with Crippen molar-refractivity contribution < 1.29 is 15.3 Å². The minimum Gasteiger partial charge on any atom is -0.508 e. The Morgan fingerprint density at radius 2 is 2.00 bits per heavy atom. The Morgan fingerprint density at radius 1 is 1.26 bits per heavy atom. The van der Waals surface area contributed by atoms with Crippen molar-refractivity contribution in [2.24, 2.45) is 17.8 Å². The summed E-state index contributed by atoms with van der Waals surface area (Å²) in [5, 5.41) is 32.8. The number of rotatable bonds is 6. The van der Waals surface area contributed by atoms with Gasteiger partial charge in [-0.25, -0.2) is 0 Å². The van der Waals surface area contributed by atoms with Gasteiger partial charge in [0.05, 0.1) is 12.7 Å². The summed E-state index contributed by atoms with van der Waals surface area (Å²) in [5.41, 5.74) is 1.18. The van der Waals surface area contributed by atoms with Crippen LogP contribution in [0.2, 0.25) is 0 Å². The number of phenols is 1. The van der Waals surface area contributed by atoms with Gasteiger partial charge in [-0.1, -0.05) is 33.3 Å². The van der Waals surface area contributed by atoms with Gasteiger partial charge in [0.25, 0.3) is 0 Å². The topological polar surface area (TPSA) is 72.7 Å². The van der Waals surface area contributed by atoms with Gasteiger partial charge in [-0.2, -0.15) is 0 Å². The van der Waals surface area contributed by atoms with E-state index in [1.54, 1.807) is 12.1 Å². The normalized spacial score (nSPS) is 26.4. The third-order valence-electron chi connectivity index (χ3n) is 5.25. The van der Waals surface area contributed by atoms with Crippen molar-refractivity contribution >= 4 is 0 Å². The predicted octanol–water partition coefficient (Wildman–Crippen LogP) is 2.97. The van der Waals surface area contributed by atoms with Crippen molar-refractivity contribution in [3.8, 4) is 5.75 Å². The molecule has 4 atom stereocenters. The molecule has 1 fully saturated rings. The summed E-state index contributed by atoms with van der Waals surface area (Å²) in [7, 11) is 0. The van der Waals surface area contributed by atoms with Crippen molar-refractivity contribution in [1.29, 1.82) is 0 Å². The predicted molar refractivity (Wildman–Crippen MR) is 92.1 cm³/mol. The van der Waals surface area contributed by atoms with Crippen LogP contribution >= 0.6 is 0 Å². The molecule has 4 nitrogen and oxygen atoms in total. The van der Waals surface area contributed by atoms with Gasteiger partial charge in [0.15, 0.2) is 0 Å². The summed E-state index contributed by atoms with van der Waals surface area (Å²) in [6.07, 6.45) is 3.07. The average molecular weight is 321 g/mol. The third-order valence-corrected chi connectivity index (χ3v) is 5.25. The average Bonchev–Trinajstić information content (AvgIpc) is 2.52. The molecule has 23 heavy (non-hydrogen) atoms. The van der Waals surface area contributed by atoms with Crippen LogP contribution < -0.4 is 5.32 Å². The van der Waals surface area contributed by atoms with Crippen LogP contribution in [0.15, 0.2) is 18.2 Å². The Morgan fingerprint density at radius 3 is 2.65 bits per heavy atom. The van der Waals surface area contributed by atoms with Crippen molar-refractivity contribution in [1.82, 2.24) is 5.32 Å². The molecular formula is C19H31NO3. The van der Waals surface area contributed by atoms with Crippen LogP contribution in [-0.4, -0.2) is 27.9 Å². The first kappa shape index (κ1) is 18.2. The molecule has 0 radical (unpaired) electrons. The molecule has 2 rings (SSSR count). The molecule has 4 unspecified atom stereocenters. The van der Waals surface area contributed by atoms with Crippen molar-refractivity contribution in [2.75, 3.05) is 6.54 Å². The maximum Gasteiger partial charge on any atom is 0.121 e. The maximum absolute atomic E-state index is 10.4. The number of hydrogen-bond acceptors (Lipinski definition) is 4. The Labute approximate surface area is 139 Å². The zero-order valence-electron chi connectivity index (χ0n) is 14.5. The van der Waals surface area contributed by atoms with E-state index in [1.807, 2.05) is 0 Å². The summed E-state index contributed by atoms with van der Waals surface area (Å²) in [4.78, 5) is 0. The van der Waals surface area contributed by atoms with Gasteiger partial charge < -0.3 is 20.6 Å². The molecular weight excluding hydrogens is 290 g/mol. The second-order valence-corrected chi connectivity index (χ2v) is 7.40. The SMILES string of the molecule is CC1CCC(C(C)C)C(NCC(O)c2ccc(O)c(CO)c2)C1. The van der Waals surface area contributed by atoms with E-state index in [0.29, 0.717) is 30.0 Å². The lowest BCUT2D eigenvalue weighted by Crippen LogP contribution is -2.44. The lowest BCUT2D eigenvalue weighted by molar-refractivity contribution is 0.130. The lowest BCUT2D eigenvalue weighted by Gasteiger charge is -2.38. The first-order chi connectivity index (χ1) is 10.9. The highest BCUT2D eigenvalue weighted by Crippen LogP contribution is 2.33. The fourth-order valence-electron chi connectivity index (χ4n) is 3.76. The standard InChI is InChI=1S/C19H31NO3/c1-12(2)16-6-4-13(3)8-17(16)20-10-19(23)14-5-7-18(22)15(9-14)11-21/h5,7,9,12-13,16-17,19-23H,4,6,8,10-11H2,1-3H3. The second kappa shape index (κ2) is 8.13. The Bertz CT molecular complexity index is 503. The van der Waals surface area contributed by atoms with Crippen LogP contribution in [0.1, 0.15) is 57.3 Å². The largest absolute Gasteiger partial charge is 0.508 e. The molecule has 0 heterocycles. The fraction of sp³-hybridized carbons (Fsp3) is 0.684. The lowest BCUT2D eigenvalue weighted by atomic mass is 9.74. The van der Waals surface area contributed by atoms with Crippen molar-refractivity contribution in [2.45, 2.75) is 58.8 Å². The Kier molecular flexibility index (Phi) is 6.45. The summed E-state index contributed by atoms with van der Waals surface area (Å²) in [5.74, 6) is 2.10. The number of aliphatic hydroxyl groups is 2. The van der Waals surface area contributed by atoms with Crippen LogP contribution in [0.5, 0.6) is 5.75 Å².